The maximum Gasteiger partial charge on any atom is 0.335 e. The van der Waals surface area contributed by atoms with Gasteiger partial charge in [0.1, 0.15) is 0 Å². The predicted molar refractivity (Wildman–Crippen MR) is 69.3 cm³/mol. The van der Waals surface area contributed by atoms with Crippen LogP contribution in [0.15, 0.2) is 24.3 Å². The molecule has 0 radical (unpaired) electrons. The first-order valence-electron chi connectivity index (χ1n) is 6.29. The van der Waals surface area contributed by atoms with Crippen LogP contribution < -0.4 is 5.32 Å². The van der Waals surface area contributed by atoms with Crippen molar-refractivity contribution in [3.8, 4) is 0 Å². The fourth-order valence-electron chi connectivity index (χ4n) is 2.42. The van der Waals surface area contributed by atoms with E-state index in [1.54, 1.807) is 19.2 Å². The molecule has 2 rings (SSSR count). The number of benzene rings is 1. The minimum absolute atomic E-state index is 0.00554. The normalized spacial score (nSPS) is 22.2. The smallest absolute Gasteiger partial charge is 0.335 e. The Morgan fingerprint density at radius 1 is 1.32 bits per heavy atom. The van der Waals surface area contributed by atoms with Crippen molar-refractivity contribution >= 4 is 11.9 Å². The van der Waals surface area contributed by atoms with Gasteiger partial charge in [0.25, 0.3) is 5.91 Å². The van der Waals surface area contributed by atoms with Crippen LogP contribution in [0, 0.1) is 0 Å². The average Bonchev–Trinajstić information content (AvgIpc) is 2.86. The molecule has 2 unspecified atom stereocenters. The highest BCUT2D eigenvalue weighted by molar-refractivity contribution is 5.97. The van der Waals surface area contributed by atoms with E-state index < -0.39 is 5.97 Å². The van der Waals surface area contributed by atoms with E-state index >= 15 is 0 Å². The van der Waals surface area contributed by atoms with E-state index in [0.29, 0.717) is 5.56 Å². The molecule has 2 N–H and O–H groups in total. The summed E-state index contributed by atoms with van der Waals surface area (Å²) in [6, 6.07) is 6.03. The van der Waals surface area contributed by atoms with Gasteiger partial charge in [0.05, 0.1) is 17.7 Å². The third kappa shape index (κ3) is 3.12. The van der Waals surface area contributed by atoms with Gasteiger partial charge in [-0.25, -0.2) is 4.79 Å². The SMILES string of the molecule is COC1CCCC1NC(=O)c1cccc(C(=O)O)c1. The standard InChI is InChI=1S/C14H17NO4/c1-19-12-7-3-6-11(12)15-13(16)9-4-2-5-10(8-9)14(17)18/h2,4-5,8,11-12H,3,6-7H2,1H3,(H,15,16)(H,17,18). The van der Waals surface area contributed by atoms with Crippen molar-refractivity contribution in [3.05, 3.63) is 35.4 Å². The third-order valence-electron chi connectivity index (χ3n) is 3.44. The number of carboxylic acids is 1. The summed E-state index contributed by atoms with van der Waals surface area (Å²) in [7, 11) is 1.64. The molecule has 5 nitrogen and oxygen atoms in total. The summed E-state index contributed by atoms with van der Waals surface area (Å²) in [5, 5.41) is 11.8. The molecule has 1 aliphatic carbocycles. The van der Waals surface area contributed by atoms with Crippen molar-refractivity contribution in [2.45, 2.75) is 31.4 Å². The van der Waals surface area contributed by atoms with E-state index in [1.165, 1.54) is 12.1 Å². The first-order valence-corrected chi connectivity index (χ1v) is 6.29. The highest BCUT2D eigenvalue weighted by Gasteiger charge is 2.28. The third-order valence-corrected chi connectivity index (χ3v) is 3.44. The van der Waals surface area contributed by atoms with E-state index in [1.807, 2.05) is 0 Å². The molecule has 1 aromatic rings. The number of carbonyl (C=O) groups excluding carboxylic acids is 1. The number of ether oxygens (including phenoxy) is 1. The van der Waals surface area contributed by atoms with Gasteiger partial charge in [-0.15, -0.1) is 0 Å². The van der Waals surface area contributed by atoms with Crippen molar-refractivity contribution in [3.63, 3.8) is 0 Å². The minimum atomic E-state index is -1.04. The quantitative estimate of drug-likeness (QED) is 0.866. The largest absolute Gasteiger partial charge is 0.478 e. The summed E-state index contributed by atoms with van der Waals surface area (Å²) in [4.78, 5) is 22.9. The number of nitrogens with one attached hydrogen (secondary N) is 1. The molecule has 0 heterocycles. The van der Waals surface area contributed by atoms with Gasteiger partial charge in [0, 0.05) is 12.7 Å². The molecule has 102 valence electrons. The van der Waals surface area contributed by atoms with E-state index in [4.69, 9.17) is 9.84 Å². The fourth-order valence-corrected chi connectivity index (χ4v) is 2.42. The van der Waals surface area contributed by atoms with E-state index in [0.717, 1.165) is 19.3 Å². The molecule has 19 heavy (non-hydrogen) atoms. The zero-order chi connectivity index (χ0) is 13.8. The molecule has 1 saturated carbocycles. The summed E-state index contributed by atoms with van der Waals surface area (Å²) in [6.07, 6.45) is 2.91. The number of rotatable bonds is 4. The second-order valence-corrected chi connectivity index (χ2v) is 4.67. The molecule has 5 heteroatoms. The highest BCUT2D eigenvalue weighted by atomic mass is 16.5. The Morgan fingerprint density at radius 3 is 2.74 bits per heavy atom. The first kappa shape index (κ1) is 13.5. The highest BCUT2D eigenvalue weighted by Crippen LogP contribution is 2.21. The lowest BCUT2D eigenvalue weighted by atomic mass is 10.1. The van der Waals surface area contributed by atoms with Crippen LogP contribution in [0.1, 0.15) is 40.0 Å². The first-order chi connectivity index (χ1) is 9.11. The molecule has 1 fully saturated rings. The van der Waals surface area contributed by atoms with Gasteiger partial charge in [0.2, 0.25) is 0 Å². The topological polar surface area (TPSA) is 75.6 Å². The number of amides is 1. The van der Waals surface area contributed by atoms with Crippen LogP contribution in [0.4, 0.5) is 0 Å². The van der Waals surface area contributed by atoms with Gasteiger partial charge >= 0.3 is 5.97 Å². The summed E-state index contributed by atoms with van der Waals surface area (Å²) >= 11 is 0. The Hall–Kier alpha value is -1.88. The fraction of sp³-hybridized carbons (Fsp3) is 0.429. The summed E-state index contributed by atoms with van der Waals surface area (Å²) < 4.78 is 5.31. The molecule has 0 bridgehead atoms. The van der Waals surface area contributed by atoms with Crippen LogP contribution in [-0.2, 0) is 4.74 Å². The van der Waals surface area contributed by atoms with Crippen molar-refractivity contribution in [1.82, 2.24) is 5.32 Å². The van der Waals surface area contributed by atoms with Gasteiger partial charge < -0.3 is 15.2 Å². The predicted octanol–water partition coefficient (Wildman–Crippen LogP) is 1.68. The number of hydrogen-bond donors (Lipinski definition) is 2. The Labute approximate surface area is 111 Å². The van der Waals surface area contributed by atoms with Crippen LogP contribution in [0.2, 0.25) is 0 Å². The van der Waals surface area contributed by atoms with Crippen molar-refractivity contribution < 1.29 is 19.4 Å². The molecular weight excluding hydrogens is 246 g/mol. The molecule has 1 aliphatic rings. The molecule has 0 aliphatic heterocycles. The summed E-state index contributed by atoms with van der Waals surface area (Å²) in [6.45, 7) is 0. The maximum atomic E-state index is 12.1. The van der Waals surface area contributed by atoms with Crippen LogP contribution in [0.3, 0.4) is 0 Å². The number of carboxylic acid groups (broad SMARTS) is 1. The van der Waals surface area contributed by atoms with Crippen molar-refractivity contribution in [1.29, 1.82) is 0 Å². The zero-order valence-electron chi connectivity index (χ0n) is 10.8. The lowest BCUT2D eigenvalue weighted by Crippen LogP contribution is -2.40. The van der Waals surface area contributed by atoms with Crippen LogP contribution >= 0.6 is 0 Å². The number of carbonyl (C=O) groups is 2. The second-order valence-electron chi connectivity index (χ2n) is 4.67. The second kappa shape index (κ2) is 5.84. The van der Waals surface area contributed by atoms with Crippen molar-refractivity contribution in [2.75, 3.05) is 7.11 Å². The molecular formula is C14H17NO4. The minimum Gasteiger partial charge on any atom is -0.478 e. The maximum absolute atomic E-state index is 12.1. The Morgan fingerprint density at radius 2 is 2.05 bits per heavy atom. The number of aromatic carboxylic acids is 1. The van der Waals surface area contributed by atoms with E-state index in [-0.39, 0.29) is 23.6 Å². The molecule has 0 aromatic heterocycles. The lowest BCUT2D eigenvalue weighted by Gasteiger charge is -2.19. The van der Waals surface area contributed by atoms with E-state index in [9.17, 15) is 9.59 Å². The molecule has 1 amide bonds. The molecule has 0 saturated heterocycles. The lowest BCUT2D eigenvalue weighted by molar-refractivity contribution is 0.0696. The molecule has 0 spiro atoms. The Bertz CT molecular complexity index is 486. The van der Waals surface area contributed by atoms with Crippen LogP contribution in [0.5, 0.6) is 0 Å². The van der Waals surface area contributed by atoms with Gasteiger partial charge in [-0.1, -0.05) is 6.07 Å². The number of hydrogen-bond acceptors (Lipinski definition) is 3. The Balaban J connectivity index is 2.07. The Kier molecular flexibility index (Phi) is 4.16. The van der Waals surface area contributed by atoms with Crippen LogP contribution in [0.25, 0.3) is 0 Å². The van der Waals surface area contributed by atoms with Gasteiger partial charge in [-0.2, -0.15) is 0 Å². The monoisotopic (exact) mass is 263 g/mol. The van der Waals surface area contributed by atoms with E-state index in [2.05, 4.69) is 5.32 Å². The number of methoxy groups -OCH3 is 1. The molecule has 2 atom stereocenters. The molecule has 1 aromatic carbocycles. The van der Waals surface area contributed by atoms with Gasteiger partial charge in [-0.05, 0) is 37.5 Å². The summed E-state index contributed by atoms with van der Waals surface area (Å²) in [5.74, 6) is -1.29. The van der Waals surface area contributed by atoms with Gasteiger partial charge in [0.15, 0.2) is 0 Å². The van der Waals surface area contributed by atoms with Crippen LogP contribution in [-0.4, -0.2) is 36.2 Å². The zero-order valence-corrected chi connectivity index (χ0v) is 10.8. The van der Waals surface area contributed by atoms with Gasteiger partial charge in [-0.3, -0.25) is 4.79 Å². The average molecular weight is 263 g/mol. The van der Waals surface area contributed by atoms with Crippen molar-refractivity contribution in [2.24, 2.45) is 0 Å². The summed E-state index contributed by atoms with van der Waals surface area (Å²) in [5.41, 5.74) is 0.476.